The molecular weight excluding hydrogens is 460 g/mol. The summed E-state index contributed by atoms with van der Waals surface area (Å²) in [5.41, 5.74) is 2.59. The molecular formula is C24H21F2N5O2S. The summed E-state index contributed by atoms with van der Waals surface area (Å²) < 4.78 is 52.3. The van der Waals surface area contributed by atoms with Crippen LogP contribution in [0.4, 0.5) is 20.4 Å². The van der Waals surface area contributed by atoms with E-state index in [1.807, 2.05) is 0 Å². The highest BCUT2D eigenvalue weighted by Gasteiger charge is 2.13. The molecule has 10 heteroatoms. The molecule has 0 bridgehead atoms. The third-order valence-corrected chi connectivity index (χ3v) is 5.57. The summed E-state index contributed by atoms with van der Waals surface area (Å²) >= 11 is 0. The average Bonchev–Trinajstić information content (AvgIpc) is 2.78. The Hall–Kier alpha value is -3.92. The Morgan fingerprint density at radius 2 is 1.74 bits per heavy atom. The summed E-state index contributed by atoms with van der Waals surface area (Å²) in [5.74, 6) is 0.0501. The van der Waals surface area contributed by atoms with Gasteiger partial charge in [-0.15, -0.1) is 0 Å². The van der Waals surface area contributed by atoms with E-state index in [2.05, 4.69) is 20.3 Å². The second-order valence-corrected chi connectivity index (χ2v) is 9.96. The van der Waals surface area contributed by atoms with Crippen molar-refractivity contribution in [1.82, 2.24) is 15.0 Å². The number of nitrogens with one attached hydrogen (secondary N) is 2. The molecule has 3 aromatic carbocycles. The lowest BCUT2D eigenvalue weighted by Crippen LogP contribution is -2.03. The van der Waals surface area contributed by atoms with Crippen molar-refractivity contribution in [3.8, 4) is 17.1 Å². The molecule has 34 heavy (non-hydrogen) atoms. The highest BCUT2D eigenvalue weighted by atomic mass is 32.2. The van der Waals surface area contributed by atoms with E-state index in [-0.39, 0.29) is 35.7 Å². The van der Waals surface area contributed by atoms with E-state index in [9.17, 15) is 13.0 Å². The normalized spacial score (nSPS) is 12.7. The van der Waals surface area contributed by atoms with Gasteiger partial charge >= 0.3 is 0 Å². The van der Waals surface area contributed by atoms with Gasteiger partial charge in [-0.05, 0) is 47.5 Å². The number of nitrogens with zero attached hydrogens (tertiary/aromatic N) is 3. The molecule has 0 aliphatic heterocycles. The van der Waals surface area contributed by atoms with Gasteiger partial charge in [-0.2, -0.15) is 4.98 Å². The third kappa shape index (κ3) is 6.32. The van der Waals surface area contributed by atoms with Crippen LogP contribution in [-0.4, -0.2) is 25.4 Å². The molecule has 1 unspecified atom stereocenters. The Morgan fingerprint density at radius 3 is 2.50 bits per heavy atom. The van der Waals surface area contributed by atoms with E-state index in [0.29, 0.717) is 11.3 Å². The molecule has 7 nitrogen and oxygen atoms in total. The SMILES string of the molecule is CS(=N)(=O)Cc1cccc(Nc2ncnc(-c3ccc(F)cc3OCc3ccc(F)cc3)n2)c1. The van der Waals surface area contributed by atoms with E-state index >= 15 is 0 Å². The van der Waals surface area contributed by atoms with E-state index in [1.54, 1.807) is 36.4 Å². The molecule has 4 aromatic rings. The molecule has 2 N–H and O–H groups in total. The summed E-state index contributed by atoms with van der Waals surface area (Å²) in [6.07, 6.45) is 2.72. The highest BCUT2D eigenvalue weighted by Crippen LogP contribution is 2.30. The smallest absolute Gasteiger partial charge is 0.230 e. The van der Waals surface area contributed by atoms with Crippen LogP contribution in [0.2, 0.25) is 0 Å². The van der Waals surface area contributed by atoms with Crippen LogP contribution in [0.15, 0.2) is 73.1 Å². The van der Waals surface area contributed by atoms with Crippen molar-refractivity contribution in [2.24, 2.45) is 0 Å². The lowest BCUT2D eigenvalue weighted by molar-refractivity contribution is 0.305. The summed E-state index contributed by atoms with van der Waals surface area (Å²) in [6, 6.07) is 17.0. The van der Waals surface area contributed by atoms with Crippen LogP contribution < -0.4 is 10.1 Å². The molecule has 0 amide bonds. The molecule has 1 aromatic heterocycles. The predicted molar refractivity (Wildman–Crippen MR) is 126 cm³/mol. The molecule has 0 fully saturated rings. The molecule has 1 heterocycles. The fraction of sp³-hybridized carbons (Fsp3) is 0.125. The Morgan fingerprint density at radius 1 is 0.971 bits per heavy atom. The van der Waals surface area contributed by atoms with Gasteiger partial charge in [0.15, 0.2) is 5.82 Å². The first-order valence-electron chi connectivity index (χ1n) is 10.2. The average molecular weight is 482 g/mol. The van der Waals surface area contributed by atoms with Gasteiger partial charge in [0.25, 0.3) is 0 Å². The first-order chi connectivity index (χ1) is 16.2. The molecule has 1 atom stereocenters. The second-order valence-electron chi connectivity index (χ2n) is 7.66. The van der Waals surface area contributed by atoms with Gasteiger partial charge in [0, 0.05) is 27.7 Å². The number of hydrogen-bond donors (Lipinski definition) is 2. The quantitative estimate of drug-likeness (QED) is 0.353. The number of halogens is 2. The zero-order chi connectivity index (χ0) is 24.1. The third-order valence-electron chi connectivity index (χ3n) is 4.69. The fourth-order valence-electron chi connectivity index (χ4n) is 3.21. The van der Waals surface area contributed by atoms with Crippen molar-refractivity contribution in [3.05, 3.63) is 95.8 Å². The van der Waals surface area contributed by atoms with Gasteiger partial charge < -0.3 is 10.1 Å². The van der Waals surface area contributed by atoms with Gasteiger partial charge in [0.2, 0.25) is 5.95 Å². The maximum absolute atomic E-state index is 13.9. The van der Waals surface area contributed by atoms with E-state index in [4.69, 9.17) is 9.52 Å². The zero-order valence-corrected chi connectivity index (χ0v) is 19.0. The number of benzene rings is 3. The maximum atomic E-state index is 13.9. The Kier molecular flexibility index (Phi) is 6.78. The standard InChI is InChI=1S/C24H21F2N5O2S/c1-34(27,32)14-17-3-2-4-20(11-17)30-24-29-15-28-23(31-24)21-10-9-19(26)12-22(21)33-13-16-5-7-18(25)8-6-16/h2-12,15,27H,13-14H2,1H3,(H,28,29,30,31). The molecule has 0 spiro atoms. The van der Waals surface area contributed by atoms with Gasteiger partial charge in [-0.1, -0.05) is 24.3 Å². The minimum absolute atomic E-state index is 0.107. The number of anilines is 2. The van der Waals surface area contributed by atoms with Crippen molar-refractivity contribution in [1.29, 1.82) is 4.78 Å². The second kappa shape index (κ2) is 9.92. The molecule has 0 aliphatic rings. The monoisotopic (exact) mass is 481 g/mol. The Bertz CT molecular complexity index is 1410. The molecule has 174 valence electrons. The number of ether oxygens (including phenoxy) is 1. The van der Waals surface area contributed by atoms with Crippen molar-refractivity contribution in [2.45, 2.75) is 12.4 Å². The van der Waals surface area contributed by atoms with Gasteiger partial charge in [0.1, 0.15) is 30.3 Å². The van der Waals surface area contributed by atoms with Crippen LogP contribution >= 0.6 is 0 Å². The van der Waals surface area contributed by atoms with Crippen LogP contribution in [0.1, 0.15) is 11.1 Å². The van der Waals surface area contributed by atoms with Crippen molar-refractivity contribution < 1.29 is 17.7 Å². The van der Waals surface area contributed by atoms with E-state index in [0.717, 1.165) is 11.1 Å². The van der Waals surface area contributed by atoms with Crippen LogP contribution in [0.5, 0.6) is 5.75 Å². The first kappa shape index (κ1) is 23.2. The van der Waals surface area contributed by atoms with Crippen LogP contribution in [0.25, 0.3) is 11.4 Å². The molecule has 0 saturated carbocycles. The van der Waals surface area contributed by atoms with E-state index < -0.39 is 15.5 Å². The van der Waals surface area contributed by atoms with Crippen molar-refractivity contribution in [2.75, 3.05) is 11.6 Å². The highest BCUT2D eigenvalue weighted by molar-refractivity contribution is 7.90. The number of hydrogen-bond acceptors (Lipinski definition) is 7. The molecule has 0 aliphatic carbocycles. The molecule has 0 radical (unpaired) electrons. The van der Waals surface area contributed by atoms with Gasteiger partial charge in [-0.3, -0.25) is 4.78 Å². The largest absolute Gasteiger partial charge is 0.488 e. The van der Waals surface area contributed by atoms with Crippen molar-refractivity contribution in [3.63, 3.8) is 0 Å². The Balaban J connectivity index is 1.57. The van der Waals surface area contributed by atoms with Gasteiger partial charge in [-0.25, -0.2) is 23.0 Å². The minimum Gasteiger partial charge on any atom is -0.488 e. The molecule has 4 rings (SSSR count). The summed E-state index contributed by atoms with van der Waals surface area (Å²) in [5, 5.41) is 3.07. The van der Waals surface area contributed by atoms with Crippen LogP contribution in [0.3, 0.4) is 0 Å². The summed E-state index contributed by atoms with van der Waals surface area (Å²) in [6.45, 7) is 0.107. The van der Waals surface area contributed by atoms with Crippen molar-refractivity contribution >= 4 is 21.4 Å². The fourth-order valence-corrected chi connectivity index (χ4v) is 4.03. The van der Waals surface area contributed by atoms with Crippen LogP contribution in [0, 0.1) is 16.4 Å². The lowest BCUT2D eigenvalue weighted by Gasteiger charge is -2.12. The first-order valence-corrected chi connectivity index (χ1v) is 12.3. The van der Waals surface area contributed by atoms with Gasteiger partial charge in [0.05, 0.1) is 11.3 Å². The predicted octanol–water partition coefficient (Wildman–Crippen LogP) is 5.32. The summed E-state index contributed by atoms with van der Waals surface area (Å²) in [4.78, 5) is 12.8. The van der Waals surface area contributed by atoms with Crippen LogP contribution in [-0.2, 0) is 22.1 Å². The summed E-state index contributed by atoms with van der Waals surface area (Å²) in [7, 11) is -2.68. The molecule has 0 saturated heterocycles. The zero-order valence-electron chi connectivity index (χ0n) is 18.2. The van der Waals surface area contributed by atoms with E-state index in [1.165, 1.54) is 42.9 Å². The number of rotatable bonds is 8. The maximum Gasteiger partial charge on any atom is 0.230 e. The number of aromatic nitrogens is 3. The topological polar surface area (TPSA) is 101 Å². The minimum atomic E-state index is -2.68. The Labute approximate surface area is 195 Å². The lowest BCUT2D eigenvalue weighted by atomic mass is 10.1.